The molecule has 1 unspecified atom stereocenters. The fraction of sp³-hybridized carbons (Fsp3) is 0.556. The summed E-state index contributed by atoms with van der Waals surface area (Å²) < 4.78 is 0. The van der Waals surface area contributed by atoms with Crippen LogP contribution in [0.5, 0.6) is 0 Å². The molecule has 1 fully saturated rings. The quantitative estimate of drug-likeness (QED) is 0.563. The van der Waals surface area contributed by atoms with Gasteiger partial charge in [0.15, 0.2) is 0 Å². The maximum absolute atomic E-state index is 12.8. The summed E-state index contributed by atoms with van der Waals surface area (Å²) in [5, 5.41) is 13.5. The number of hydrogen-bond acceptors (Lipinski definition) is 5. The standard InChI is InChI=1S/C18H25ClN4O4/c1-3-5-16(18(25)22-10-8-21(4-2)9-11-22)20-17(24)14-7-6-13(23(26)27)12-15(14)19/h6-7,12,16H,3-5,8-11H2,1-2H3,(H,20,24). The van der Waals surface area contributed by atoms with Crippen LogP contribution in [-0.4, -0.2) is 65.3 Å². The van der Waals surface area contributed by atoms with E-state index in [4.69, 9.17) is 11.6 Å². The van der Waals surface area contributed by atoms with Crippen LogP contribution in [0.1, 0.15) is 37.0 Å². The molecule has 0 spiro atoms. The van der Waals surface area contributed by atoms with E-state index in [0.29, 0.717) is 19.5 Å². The van der Waals surface area contributed by atoms with Crippen LogP contribution in [0.25, 0.3) is 0 Å². The van der Waals surface area contributed by atoms with Crippen LogP contribution in [0, 0.1) is 10.1 Å². The van der Waals surface area contributed by atoms with Gasteiger partial charge < -0.3 is 15.1 Å². The summed E-state index contributed by atoms with van der Waals surface area (Å²) in [6.45, 7) is 7.91. The lowest BCUT2D eigenvalue weighted by Gasteiger charge is -2.36. The predicted octanol–water partition coefficient (Wildman–Crippen LogP) is 2.31. The van der Waals surface area contributed by atoms with E-state index in [1.807, 2.05) is 6.92 Å². The highest BCUT2D eigenvalue weighted by Crippen LogP contribution is 2.22. The molecule has 1 aromatic rings. The number of amides is 2. The van der Waals surface area contributed by atoms with Crippen LogP contribution in [0.3, 0.4) is 0 Å². The number of hydrogen-bond donors (Lipinski definition) is 1. The van der Waals surface area contributed by atoms with Crippen LogP contribution < -0.4 is 5.32 Å². The highest BCUT2D eigenvalue weighted by atomic mass is 35.5. The predicted molar refractivity (Wildman–Crippen MR) is 103 cm³/mol. The van der Waals surface area contributed by atoms with Gasteiger partial charge in [0.2, 0.25) is 5.91 Å². The van der Waals surface area contributed by atoms with Gasteiger partial charge in [0.05, 0.1) is 15.5 Å². The van der Waals surface area contributed by atoms with Crippen molar-refractivity contribution in [3.63, 3.8) is 0 Å². The average molecular weight is 397 g/mol. The van der Waals surface area contributed by atoms with Crippen molar-refractivity contribution in [2.24, 2.45) is 0 Å². The molecule has 8 nitrogen and oxygen atoms in total. The Hall–Kier alpha value is -2.19. The Morgan fingerprint density at radius 2 is 1.93 bits per heavy atom. The highest BCUT2D eigenvalue weighted by Gasteiger charge is 2.28. The number of halogens is 1. The lowest BCUT2D eigenvalue weighted by molar-refractivity contribution is -0.384. The monoisotopic (exact) mass is 396 g/mol. The number of nitrogens with one attached hydrogen (secondary N) is 1. The van der Waals surface area contributed by atoms with Crippen molar-refractivity contribution in [1.29, 1.82) is 0 Å². The normalized spacial score (nSPS) is 16.0. The molecule has 1 aliphatic heterocycles. The van der Waals surface area contributed by atoms with E-state index in [-0.39, 0.29) is 22.2 Å². The van der Waals surface area contributed by atoms with Gasteiger partial charge in [-0.25, -0.2) is 0 Å². The van der Waals surface area contributed by atoms with Crippen molar-refractivity contribution in [3.8, 4) is 0 Å². The third kappa shape index (κ3) is 5.40. The Bertz CT molecular complexity index is 705. The van der Waals surface area contributed by atoms with Crippen molar-refractivity contribution in [1.82, 2.24) is 15.1 Å². The molecular weight excluding hydrogens is 372 g/mol. The van der Waals surface area contributed by atoms with Crippen LogP contribution >= 0.6 is 11.6 Å². The summed E-state index contributed by atoms with van der Waals surface area (Å²) in [6, 6.07) is 3.03. The maximum atomic E-state index is 12.8. The largest absolute Gasteiger partial charge is 0.340 e. The molecule has 0 bridgehead atoms. The number of nitro benzene ring substituents is 1. The average Bonchev–Trinajstić information content (AvgIpc) is 2.66. The van der Waals surface area contributed by atoms with Crippen LogP contribution in [0.2, 0.25) is 5.02 Å². The second-order valence-electron chi connectivity index (χ2n) is 6.50. The third-order valence-corrected chi connectivity index (χ3v) is 5.03. The van der Waals surface area contributed by atoms with Gasteiger partial charge in [-0.3, -0.25) is 19.7 Å². The number of carbonyl (C=O) groups is 2. The summed E-state index contributed by atoms with van der Waals surface area (Å²) in [4.78, 5) is 39.7. The summed E-state index contributed by atoms with van der Waals surface area (Å²) in [5.74, 6) is -0.604. The van der Waals surface area contributed by atoms with Gasteiger partial charge in [0.25, 0.3) is 11.6 Å². The molecule has 2 amide bonds. The Kier molecular flexibility index (Phi) is 7.55. The first-order chi connectivity index (χ1) is 12.9. The first kappa shape index (κ1) is 21.1. The molecule has 1 aromatic carbocycles. The van der Waals surface area contributed by atoms with Crippen LogP contribution in [-0.2, 0) is 4.79 Å². The van der Waals surface area contributed by atoms with Gasteiger partial charge in [-0.1, -0.05) is 31.9 Å². The van der Waals surface area contributed by atoms with Crippen molar-refractivity contribution < 1.29 is 14.5 Å². The Morgan fingerprint density at radius 3 is 2.44 bits per heavy atom. The molecule has 0 radical (unpaired) electrons. The lowest BCUT2D eigenvalue weighted by Crippen LogP contribution is -2.54. The van der Waals surface area contributed by atoms with E-state index >= 15 is 0 Å². The summed E-state index contributed by atoms with van der Waals surface area (Å²) >= 11 is 6.02. The number of non-ortho nitro benzene ring substituents is 1. The van der Waals surface area contributed by atoms with Crippen molar-refractivity contribution in [3.05, 3.63) is 38.9 Å². The molecule has 1 N–H and O–H groups in total. The molecule has 1 aliphatic rings. The zero-order chi connectivity index (χ0) is 20.0. The van der Waals surface area contributed by atoms with E-state index in [1.165, 1.54) is 12.1 Å². The van der Waals surface area contributed by atoms with Gasteiger partial charge in [0.1, 0.15) is 6.04 Å². The van der Waals surface area contributed by atoms with E-state index in [2.05, 4.69) is 17.1 Å². The zero-order valence-electron chi connectivity index (χ0n) is 15.6. The van der Waals surface area contributed by atoms with Gasteiger partial charge in [0, 0.05) is 38.3 Å². The molecular formula is C18H25ClN4O4. The SMILES string of the molecule is CCCC(NC(=O)c1ccc([N+](=O)[O-])cc1Cl)C(=O)N1CCN(CC)CC1. The molecule has 0 aliphatic carbocycles. The molecule has 9 heteroatoms. The van der Waals surface area contributed by atoms with Crippen molar-refractivity contribution in [2.45, 2.75) is 32.7 Å². The number of nitrogens with zero attached hydrogens (tertiary/aromatic N) is 3. The van der Waals surface area contributed by atoms with Gasteiger partial charge >= 0.3 is 0 Å². The summed E-state index contributed by atoms with van der Waals surface area (Å²) in [7, 11) is 0. The number of piperazine rings is 1. The van der Waals surface area contributed by atoms with Crippen molar-refractivity contribution in [2.75, 3.05) is 32.7 Å². The minimum absolute atomic E-state index is 0.0130. The van der Waals surface area contributed by atoms with E-state index < -0.39 is 16.9 Å². The fourth-order valence-electron chi connectivity index (χ4n) is 3.09. The van der Waals surface area contributed by atoms with E-state index in [0.717, 1.165) is 32.1 Å². The molecule has 1 saturated heterocycles. The second-order valence-corrected chi connectivity index (χ2v) is 6.90. The minimum atomic E-state index is -0.637. The highest BCUT2D eigenvalue weighted by molar-refractivity contribution is 6.34. The number of carbonyl (C=O) groups excluding carboxylic acids is 2. The molecule has 1 heterocycles. The van der Waals surface area contributed by atoms with Gasteiger partial charge in [-0.05, 0) is 19.0 Å². The zero-order valence-corrected chi connectivity index (χ0v) is 16.4. The summed E-state index contributed by atoms with van der Waals surface area (Å²) in [6.07, 6.45) is 1.25. The first-order valence-electron chi connectivity index (χ1n) is 9.13. The number of likely N-dealkylation sites (N-methyl/N-ethyl adjacent to an activating group) is 1. The maximum Gasteiger partial charge on any atom is 0.270 e. The molecule has 0 saturated carbocycles. The second kappa shape index (κ2) is 9.66. The van der Waals surface area contributed by atoms with Crippen LogP contribution in [0.15, 0.2) is 18.2 Å². The van der Waals surface area contributed by atoms with E-state index in [1.54, 1.807) is 4.90 Å². The third-order valence-electron chi connectivity index (χ3n) is 4.72. The van der Waals surface area contributed by atoms with Crippen LogP contribution in [0.4, 0.5) is 5.69 Å². The fourth-order valence-corrected chi connectivity index (χ4v) is 3.35. The molecule has 1 atom stereocenters. The Balaban J connectivity index is 2.07. The summed E-state index contributed by atoms with van der Waals surface area (Å²) in [5.41, 5.74) is -0.0708. The number of benzene rings is 1. The van der Waals surface area contributed by atoms with Crippen molar-refractivity contribution >= 4 is 29.1 Å². The topological polar surface area (TPSA) is 95.8 Å². The number of nitro groups is 1. The lowest BCUT2D eigenvalue weighted by atomic mass is 10.1. The molecule has 2 rings (SSSR count). The Morgan fingerprint density at radius 1 is 1.26 bits per heavy atom. The minimum Gasteiger partial charge on any atom is -0.340 e. The Labute approximate surface area is 163 Å². The van der Waals surface area contributed by atoms with E-state index in [9.17, 15) is 19.7 Å². The number of rotatable bonds is 7. The van der Waals surface area contributed by atoms with Gasteiger partial charge in [-0.15, -0.1) is 0 Å². The smallest absolute Gasteiger partial charge is 0.270 e. The molecule has 27 heavy (non-hydrogen) atoms. The van der Waals surface area contributed by atoms with Gasteiger partial charge in [-0.2, -0.15) is 0 Å². The first-order valence-corrected chi connectivity index (χ1v) is 9.51. The molecule has 148 valence electrons. The molecule has 0 aromatic heterocycles.